The van der Waals surface area contributed by atoms with Crippen LogP contribution in [0.3, 0.4) is 0 Å². The highest BCUT2D eigenvalue weighted by Gasteiger charge is 2.17. The van der Waals surface area contributed by atoms with Crippen LogP contribution in [0.2, 0.25) is 0 Å². The second-order valence-electron chi connectivity index (χ2n) is 3.32. The number of carbonyl (C=O) groups excluding carboxylic acids is 1. The van der Waals surface area contributed by atoms with E-state index in [0.29, 0.717) is 13.0 Å². The molecule has 0 saturated carbocycles. The molecular formula is C10H21NO2. The van der Waals surface area contributed by atoms with Gasteiger partial charge in [-0.05, 0) is 27.7 Å². The van der Waals surface area contributed by atoms with Crippen molar-refractivity contribution in [3.63, 3.8) is 0 Å². The SMILES string of the molecule is CCC(=O)N(CC)C(C)OC(C)C. The predicted molar refractivity (Wildman–Crippen MR) is 53.4 cm³/mol. The lowest BCUT2D eigenvalue weighted by atomic mass is 10.3. The standard InChI is InChI=1S/C10H21NO2/c1-6-10(12)11(7-2)9(5)13-8(3)4/h8-9H,6-7H2,1-5H3. The molecule has 0 aliphatic rings. The van der Waals surface area contributed by atoms with E-state index in [2.05, 4.69) is 0 Å². The Hall–Kier alpha value is -0.570. The average molecular weight is 187 g/mol. The third kappa shape index (κ3) is 4.27. The summed E-state index contributed by atoms with van der Waals surface area (Å²) in [6, 6.07) is 0. The minimum atomic E-state index is -0.113. The van der Waals surface area contributed by atoms with E-state index in [1.807, 2.05) is 34.6 Å². The van der Waals surface area contributed by atoms with Gasteiger partial charge in [-0.1, -0.05) is 6.92 Å². The highest BCUT2D eigenvalue weighted by atomic mass is 16.5. The largest absolute Gasteiger partial charge is 0.356 e. The average Bonchev–Trinajstić information content (AvgIpc) is 2.03. The van der Waals surface area contributed by atoms with Crippen LogP contribution in [0.1, 0.15) is 41.0 Å². The van der Waals surface area contributed by atoms with E-state index in [-0.39, 0.29) is 18.2 Å². The smallest absolute Gasteiger partial charge is 0.224 e. The van der Waals surface area contributed by atoms with Crippen molar-refractivity contribution in [3.05, 3.63) is 0 Å². The van der Waals surface area contributed by atoms with Crippen LogP contribution in [0.25, 0.3) is 0 Å². The van der Waals surface area contributed by atoms with Gasteiger partial charge in [0.25, 0.3) is 0 Å². The van der Waals surface area contributed by atoms with Gasteiger partial charge in [-0.2, -0.15) is 0 Å². The van der Waals surface area contributed by atoms with Gasteiger partial charge >= 0.3 is 0 Å². The van der Waals surface area contributed by atoms with E-state index < -0.39 is 0 Å². The third-order valence-corrected chi connectivity index (χ3v) is 1.87. The topological polar surface area (TPSA) is 29.5 Å². The van der Waals surface area contributed by atoms with Crippen molar-refractivity contribution >= 4 is 5.91 Å². The molecule has 0 heterocycles. The van der Waals surface area contributed by atoms with Gasteiger partial charge in [0, 0.05) is 13.0 Å². The molecule has 13 heavy (non-hydrogen) atoms. The van der Waals surface area contributed by atoms with Crippen molar-refractivity contribution in [1.82, 2.24) is 4.90 Å². The van der Waals surface area contributed by atoms with E-state index in [4.69, 9.17) is 4.74 Å². The summed E-state index contributed by atoms with van der Waals surface area (Å²) in [7, 11) is 0. The molecule has 3 nitrogen and oxygen atoms in total. The van der Waals surface area contributed by atoms with Gasteiger partial charge in [0.2, 0.25) is 5.91 Å². The highest BCUT2D eigenvalue weighted by molar-refractivity contribution is 5.75. The maximum atomic E-state index is 11.4. The lowest BCUT2D eigenvalue weighted by molar-refractivity contribution is -0.147. The number of amides is 1. The highest BCUT2D eigenvalue weighted by Crippen LogP contribution is 2.05. The van der Waals surface area contributed by atoms with Crippen LogP contribution in [0.5, 0.6) is 0 Å². The zero-order chi connectivity index (χ0) is 10.4. The first-order valence-electron chi connectivity index (χ1n) is 4.97. The Morgan fingerprint density at radius 3 is 2.15 bits per heavy atom. The molecule has 0 aromatic heterocycles. The van der Waals surface area contributed by atoms with Crippen molar-refractivity contribution < 1.29 is 9.53 Å². The maximum absolute atomic E-state index is 11.4. The Kier molecular flexibility index (Phi) is 5.71. The van der Waals surface area contributed by atoms with Gasteiger partial charge in [-0.25, -0.2) is 0 Å². The van der Waals surface area contributed by atoms with Crippen LogP contribution in [-0.4, -0.2) is 29.7 Å². The maximum Gasteiger partial charge on any atom is 0.224 e. The Bertz CT molecular complexity index is 157. The lowest BCUT2D eigenvalue weighted by Gasteiger charge is -2.29. The Morgan fingerprint density at radius 2 is 1.85 bits per heavy atom. The number of rotatable bonds is 5. The fraction of sp³-hybridized carbons (Fsp3) is 0.900. The van der Waals surface area contributed by atoms with Crippen LogP contribution in [-0.2, 0) is 9.53 Å². The summed E-state index contributed by atoms with van der Waals surface area (Å²) in [6.07, 6.45) is 0.589. The molecular weight excluding hydrogens is 166 g/mol. The summed E-state index contributed by atoms with van der Waals surface area (Å²) in [5.41, 5.74) is 0. The molecule has 0 N–H and O–H groups in total. The van der Waals surface area contributed by atoms with Gasteiger partial charge in [0.05, 0.1) is 6.10 Å². The van der Waals surface area contributed by atoms with Crippen LogP contribution in [0, 0.1) is 0 Å². The fourth-order valence-electron chi connectivity index (χ4n) is 1.31. The van der Waals surface area contributed by atoms with Crippen molar-refractivity contribution in [2.24, 2.45) is 0 Å². The van der Waals surface area contributed by atoms with E-state index >= 15 is 0 Å². The van der Waals surface area contributed by atoms with Gasteiger partial charge < -0.3 is 9.64 Å². The molecule has 0 bridgehead atoms. The van der Waals surface area contributed by atoms with Gasteiger partial charge in [-0.3, -0.25) is 4.79 Å². The van der Waals surface area contributed by atoms with Crippen molar-refractivity contribution in [2.45, 2.75) is 53.4 Å². The molecule has 1 amide bonds. The molecule has 1 unspecified atom stereocenters. The van der Waals surface area contributed by atoms with Gasteiger partial charge in [0.15, 0.2) is 0 Å². The van der Waals surface area contributed by atoms with Gasteiger partial charge in [0.1, 0.15) is 6.23 Å². The predicted octanol–water partition coefficient (Wildman–Crippen LogP) is 2.02. The summed E-state index contributed by atoms with van der Waals surface area (Å²) < 4.78 is 5.53. The summed E-state index contributed by atoms with van der Waals surface area (Å²) >= 11 is 0. The first-order chi connectivity index (χ1) is 6.02. The van der Waals surface area contributed by atoms with Crippen LogP contribution in [0.4, 0.5) is 0 Å². The van der Waals surface area contributed by atoms with E-state index in [9.17, 15) is 4.79 Å². The number of hydrogen-bond donors (Lipinski definition) is 0. The van der Waals surface area contributed by atoms with Crippen molar-refractivity contribution in [2.75, 3.05) is 6.54 Å². The second-order valence-corrected chi connectivity index (χ2v) is 3.32. The Morgan fingerprint density at radius 1 is 1.31 bits per heavy atom. The zero-order valence-corrected chi connectivity index (χ0v) is 9.33. The molecule has 0 radical (unpaired) electrons. The molecule has 0 fully saturated rings. The quantitative estimate of drug-likeness (QED) is 0.616. The van der Waals surface area contributed by atoms with Crippen LogP contribution < -0.4 is 0 Å². The molecule has 0 spiro atoms. The molecule has 0 aromatic carbocycles. The first kappa shape index (κ1) is 12.4. The fourth-order valence-corrected chi connectivity index (χ4v) is 1.31. The van der Waals surface area contributed by atoms with Crippen molar-refractivity contribution in [1.29, 1.82) is 0 Å². The minimum absolute atomic E-state index is 0.113. The molecule has 0 saturated heterocycles. The Balaban J connectivity index is 4.14. The summed E-state index contributed by atoms with van der Waals surface area (Å²) in [6.45, 7) is 10.4. The van der Waals surface area contributed by atoms with Crippen LogP contribution in [0.15, 0.2) is 0 Å². The second kappa shape index (κ2) is 5.97. The molecule has 0 aliphatic heterocycles. The Labute approximate surface area is 81.1 Å². The number of hydrogen-bond acceptors (Lipinski definition) is 2. The lowest BCUT2D eigenvalue weighted by Crippen LogP contribution is -2.40. The zero-order valence-electron chi connectivity index (χ0n) is 9.33. The molecule has 3 heteroatoms. The number of nitrogens with zero attached hydrogens (tertiary/aromatic N) is 1. The van der Waals surface area contributed by atoms with E-state index in [1.54, 1.807) is 4.90 Å². The molecule has 78 valence electrons. The number of ether oxygens (including phenoxy) is 1. The number of carbonyl (C=O) groups is 1. The first-order valence-corrected chi connectivity index (χ1v) is 4.97. The molecule has 1 atom stereocenters. The van der Waals surface area contributed by atoms with Gasteiger partial charge in [-0.15, -0.1) is 0 Å². The van der Waals surface area contributed by atoms with Crippen LogP contribution >= 0.6 is 0 Å². The van der Waals surface area contributed by atoms with E-state index in [0.717, 1.165) is 0 Å². The molecule has 0 rings (SSSR count). The summed E-state index contributed by atoms with van der Waals surface area (Å²) in [5.74, 6) is 0.149. The third-order valence-electron chi connectivity index (χ3n) is 1.87. The van der Waals surface area contributed by atoms with E-state index in [1.165, 1.54) is 0 Å². The normalized spacial score (nSPS) is 13.1. The minimum Gasteiger partial charge on any atom is -0.356 e. The monoisotopic (exact) mass is 187 g/mol. The molecule has 0 aliphatic carbocycles. The van der Waals surface area contributed by atoms with Crippen molar-refractivity contribution in [3.8, 4) is 0 Å². The summed E-state index contributed by atoms with van der Waals surface area (Å²) in [5, 5.41) is 0. The molecule has 0 aromatic rings. The summed E-state index contributed by atoms with van der Waals surface area (Å²) in [4.78, 5) is 13.2.